The highest BCUT2D eigenvalue weighted by Crippen LogP contribution is 2.15. The smallest absolute Gasteiger partial charge is 0.260 e. The zero-order valence-electron chi connectivity index (χ0n) is 6.70. The van der Waals surface area contributed by atoms with Crippen molar-refractivity contribution < 1.29 is 4.79 Å². The van der Waals surface area contributed by atoms with E-state index in [1.54, 1.807) is 0 Å². The van der Waals surface area contributed by atoms with Gasteiger partial charge in [0.25, 0.3) is 5.91 Å². The molecule has 3 nitrogen and oxygen atoms in total. The molecule has 1 heterocycles. The summed E-state index contributed by atoms with van der Waals surface area (Å²) in [5.74, 6) is -0.112. The van der Waals surface area contributed by atoms with Gasteiger partial charge in [0.05, 0.1) is 5.71 Å². The van der Waals surface area contributed by atoms with Crippen molar-refractivity contribution in [2.75, 3.05) is 0 Å². The maximum atomic E-state index is 11.1. The lowest BCUT2D eigenvalue weighted by Gasteiger charge is -2.01. The van der Waals surface area contributed by atoms with Crippen LogP contribution >= 0.6 is 15.9 Å². The van der Waals surface area contributed by atoms with Crippen molar-refractivity contribution in [3.05, 3.63) is 35.9 Å². The fourth-order valence-electron chi connectivity index (χ4n) is 1.17. The molecular weight excluding hydrogens is 232 g/mol. The van der Waals surface area contributed by atoms with Gasteiger partial charge in [0.2, 0.25) is 0 Å². The standard InChI is InChI=1S/C9H7BrN2O/c10-7-8(11-12-9(7)13)6-4-2-1-3-5-6/h1-5,7H,(H,12,13). The molecule has 1 amide bonds. The van der Waals surface area contributed by atoms with Crippen molar-refractivity contribution in [3.63, 3.8) is 0 Å². The van der Waals surface area contributed by atoms with Crippen molar-refractivity contribution in [1.29, 1.82) is 0 Å². The normalized spacial score (nSPS) is 21.2. The summed E-state index contributed by atoms with van der Waals surface area (Å²) in [5, 5.41) is 3.94. The molecule has 66 valence electrons. The Labute approximate surface area is 84.0 Å². The summed E-state index contributed by atoms with van der Waals surface area (Å²) in [6, 6.07) is 9.61. The number of hydrogen-bond acceptors (Lipinski definition) is 2. The summed E-state index contributed by atoms with van der Waals surface area (Å²) in [5.41, 5.74) is 4.12. The molecule has 1 aromatic carbocycles. The van der Waals surface area contributed by atoms with Gasteiger partial charge in [-0.2, -0.15) is 5.10 Å². The van der Waals surface area contributed by atoms with Crippen molar-refractivity contribution in [3.8, 4) is 0 Å². The fraction of sp³-hybridized carbons (Fsp3) is 0.111. The Kier molecular flexibility index (Phi) is 2.14. The Morgan fingerprint density at radius 3 is 2.54 bits per heavy atom. The summed E-state index contributed by atoms with van der Waals surface area (Å²) in [7, 11) is 0. The van der Waals surface area contributed by atoms with Crippen LogP contribution in [0.15, 0.2) is 35.4 Å². The molecule has 2 rings (SSSR count). The van der Waals surface area contributed by atoms with Crippen LogP contribution in [0.5, 0.6) is 0 Å². The van der Waals surface area contributed by atoms with Gasteiger partial charge in [-0.3, -0.25) is 4.79 Å². The Balaban J connectivity index is 2.34. The van der Waals surface area contributed by atoms with Crippen molar-refractivity contribution in [2.45, 2.75) is 4.83 Å². The highest BCUT2D eigenvalue weighted by Gasteiger charge is 2.27. The summed E-state index contributed by atoms with van der Waals surface area (Å²) >= 11 is 3.26. The quantitative estimate of drug-likeness (QED) is 0.737. The lowest BCUT2D eigenvalue weighted by molar-refractivity contribution is -0.118. The zero-order chi connectivity index (χ0) is 9.26. The second-order valence-corrected chi connectivity index (χ2v) is 3.62. The highest BCUT2D eigenvalue weighted by atomic mass is 79.9. The van der Waals surface area contributed by atoms with E-state index in [2.05, 4.69) is 26.5 Å². The van der Waals surface area contributed by atoms with Crippen LogP contribution in [0.4, 0.5) is 0 Å². The number of halogens is 1. The number of hydrazone groups is 1. The van der Waals surface area contributed by atoms with Gasteiger partial charge in [-0.1, -0.05) is 46.3 Å². The summed E-state index contributed by atoms with van der Waals surface area (Å²) < 4.78 is 0. The minimum Gasteiger partial charge on any atom is -0.271 e. The zero-order valence-corrected chi connectivity index (χ0v) is 8.28. The predicted molar refractivity (Wildman–Crippen MR) is 53.8 cm³/mol. The third kappa shape index (κ3) is 1.49. The van der Waals surface area contributed by atoms with Gasteiger partial charge in [0.15, 0.2) is 0 Å². The topological polar surface area (TPSA) is 41.5 Å². The number of amides is 1. The minimum atomic E-state index is -0.324. The van der Waals surface area contributed by atoms with Gasteiger partial charge in [-0.05, 0) is 5.56 Å². The van der Waals surface area contributed by atoms with E-state index < -0.39 is 0 Å². The molecule has 4 heteroatoms. The SMILES string of the molecule is O=C1NN=C(c2ccccc2)C1Br. The average Bonchev–Trinajstić information content (AvgIpc) is 2.49. The van der Waals surface area contributed by atoms with Crippen molar-refractivity contribution >= 4 is 27.5 Å². The number of rotatable bonds is 1. The first kappa shape index (κ1) is 8.44. The van der Waals surface area contributed by atoms with Crippen LogP contribution in [0.3, 0.4) is 0 Å². The van der Waals surface area contributed by atoms with Crippen LogP contribution in [0, 0.1) is 0 Å². The number of nitrogens with zero attached hydrogens (tertiary/aromatic N) is 1. The molecule has 0 bridgehead atoms. The van der Waals surface area contributed by atoms with Crippen LogP contribution < -0.4 is 5.43 Å². The minimum absolute atomic E-state index is 0.112. The first-order chi connectivity index (χ1) is 6.29. The third-order valence-corrected chi connectivity index (χ3v) is 2.68. The Bertz CT molecular complexity index is 361. The van der Waals surface area contributed by atoms with E-state index in [0.717, 1.165) is 11.3 Å². The molecule has 1 N–H and O–H groups in total. The molecule has 1 aromatic rings. The lowest BCUT2D eigenvalue weighted by Crippen LogP contribution is -2.23. The maximum absolute atomic E-state index is 11.1. The van der Waals surface area contributed by atoms with Crippen molar-refractivity contribution in [2.24, 2.45) is 5.10 Å². The number of hydrogen-bond donors (Lipinski definition) is 1. The van der Waals surface area contributed by atoms with E-state index in [9.17, 15) is 4.79 Å². The fourth-order valence-corrected chi connectivity index (χ4v) is 1.64. The largest absolute Gasteiger partial charge is 0.271 e. The number of benzene rings is 1. The van der Waals surface area contributed by atoms with Gasteiger partial charge in [-0.25, -0.2) is 5.43 Å². The number of carbonyl (C=O) groups is 1. The maximum Gasteiger partial charge on any atom is 0.260 e. The van der Waals surface area contributed by atoms with E-state index in [1.165, 1.54) is 0 Å². The first-order valence-electron chi connectivity index (χ1n) is 3.86. The van der Waals surface area contributed by atoms with E-state index in [-0.39, 0.29) is 10.7 Å². The van der Waals surface area contributed by atoms with Gasteiger partial charge >= 0.3 is 0 Å². The lowest BCUT2D eigenvalue weighted by atomic mass is 10.1. The Hall–Kier alpha value is -1.16. The van der Waals surface area contributed by atoms with Gasteiger partial charge in [0, 0.05) is 0 Å². The summed E-state index contributed by atoms with van der Waals surface area (Å²) in [4.78, 5) is 10.8. The second-order valence-electron chi connectivity index (χ2n) is 2.70. The van der Waals surface area contributed by atoms with E-state index in [0.29, 0.717) is 0 Å². The van der Waals surface area contributed by atoms with E-state index >= 15 is 0 Å². The third-order valence-electron chi connectivity index (χ3n) is 1.83. The summed E-state index contributed by atoms with van der Waals surface area (Å²) in [6.07, 6.45) is 0. The second kappa shape index (κ2) is 3.30. The van der Waals surface area contributed by atoms with Crippen LogP contribution in [-0.2, 0) is 4.79 Å². The molecule has 0 aliphatic carbocycles. The molecular formula is C9H7BrN2O. The number of nitrogens with one attached hydrogen (secondary N) is 1. The van der Waals surface area contributed by atoms with Gasteiger partial charge < -0.3 is 0 Å². The number of alkyl halides is 1. The van der Waals surface area contributed by atoms with Crippen LogP contribution in [0.1, 0.15) is 5.56 Å². The molecule has 0 radical (unpaired) electrons. The molecule has 1 unspecified atom stereocenters. The molecule has 0 fully saturated rings. The molecule has 0 saturated heterocycles. The number of carbonyl (C=O) groups excluding carboxylic acids is 1. The molecule has 0 aromatic heterocycles. The average molecular weight is 239 g/mol. The monoisotopic (exact) mass is 238 g/mol. The van der Waals surface area contributed by atoms with Crippen LogP contribution in [0.25, 0.3) is 0 Å². The first-order valence-corrected chi connectivity index (χ1v) is 4.77. The summed E-state index contributed by atoms with van der Waals surface area (Å²) in [6.45, 7) is 0. The van der Waals surface area contributed by atoms with Crippen LogP contribution in [-0.4, -0.2) is 16.4 Å². The highest BCUT2D eigenvalue weighted by molar-refractivity contribution is 9.10. The van der Waals surface area contributed by atoms with Gasteiger partial charge in [0.1, 0.15) is 4.83 Å². The van der Waals surface area contributed by atoms with Gasteiger partial charge in [-0.15, -0.1) is 0 Å². The molecule has 1 atom stereocenters. The van der Waals surface area contributed by atoms with Crippen LogP contribution in [0.2, 0.25) is 0 Å². The molecule has 1 aliphatic rings. The van der Waals surface area contributed by atoms with Crippen molar-refractivity contribution in [1.82, 2.24) is 5.43 Å². The molecule has 0 saturated carbocycles. The Morgan fingerprint density at radius 1 is 1.31 bits per heavy atom. The predicted octanol–water partition coefficient (Wildman–Crippen LogP) is 1.28. The molecule has 13 heavy (non-hydrogen) atoms. The van der Waals surface area contributed by atoms with E-state index in [4.69, 9.17) is 0 Å². The van der Waals surface area contributed by atoms with E-state index in [1.807, 2.05) is 30.3 Å². The molecule has 0 spiro atoms. The molecule has 1 aliphatic heterocycles. The Morgan fingerprint density at radius 2 is 2.00 bits per heavy atom.